The van der Waals surface area contributed by atoms with E-state index < -0.39 is 5.97 Å². The lowest BCUT2D eigenvalue weighted by atomic mass is 10.0. The largest absolute Gasteiger partial charge is 0.465 e. The molecule has 0 fully saturated rings. The molecule has 6 nitrogen and oxygen atoms in total. The number of pyridine rings is 1. The molecular formula is C24H18N2O4. The van der Waals surface area contributed by atoms with Gasteiger partial charge in [-0.05, 0) is 60.4 Å². The van der Waals surface area contributed by atoms with Crippen molar-refractivity contribution in [2.45, 2.75) is 12.8 Å². The minimum absolute atomic E-state index is 0.276. The molecule has 3 aromatic heterocycles. The fourth-order valence-electron chi connectivity index (χ4n) is 3.84. The van der Waals surface area contributed by atoms with Crippen molar-refractivity contribution >= 4 is 34.3 Å². The Hall–Kier alpha value is -3.93. The predicted molar refractivity (Wildman–Crippen MR) is 112 cm³/mol. The number of furan rings is 1. The number of fused-ring (bicyclic) bond motifs is 2. The molecule has 0 unspecified atom stereocenters. The van der Waals surface area contributed by atoms with Crippen LogP contribution in [0.1, 0.15) is 44.3 Å². The number of benzene rings is 1. The van der Waals surface area contributed by atoms with E-state index in [9.17, 15) is 9.59 Å². The van der Waals surface area contributed by atoms with E-state index >= 15 is 0 Å². The number of ketones is 1. The molecule has 1 N–H and O–H groups in total. The standard InChI is InChI=1S/C24H18N2O4/c27-21(20-8-3-11-25-20)14-30-24(28)22-17-6-1-2-7-19(17)26-23-15(9-10-18(22)23)13-16-5-4-12-29-16/h1-8,11-13,25H,9-10,14H2/b15-13+. The van der Waals surface area contributed by atoms with E-state index in [1.807, 2.05) is 42.5 Å². The van der Waals surface area contributed by atoms with Gasteiger partial charge in [0.25, 0.3) is 0 Å². The molecular weight excluding hydrogens is 380 g/mol. The number of carbonyl (C=O) groups excluding carboxylic acids is 2. The Morgan fingerprint density at radius 1 is 1.10 bits per heavy atom. The van der Waals surface area contributed by atoms with Gasteiger partial charge in [0.05, 0.1) is 28.7 Å². The van der Waals surface area contributed by atoms with Crippen LogP contribution in [0.5, 0.6) is 0 Å². The van der Waals surface area contributed by atoms with Gasteiger partial charge in [0.2, 0.25) is 5.78 Å². The third kappa shape index (κ3) is 3.22. The first-order valence-electron chi connectivity index (χ1n) is 9.70. The van der Waals surface area contributed by atoms with Gasteiger partial charge in [-0.15, -0.1) is 0 Å². The summed E-state index contributed by atoms with van der Waals surface area (Å²) in [7, 11) is 0. The quantitative estimate of drug-likeness (QED) is 0.390. The maximum absolute atomic E-state index is 13.1. The number of H-pyrrole nitrogens is 1. The highest BCUT2D eigenvalue weighted by Gasteiger charge is 2.28. The summed E-state index contributed by atoms with van der Waals surface area (Å²) in [6, 6.07) is 14.6. The molecule has 0 spiro atoms. The number of allylic oxidation sites excluding steroid dienone is 1. The second-order valence-corrected chi connectivity index (χ2v) is 7.10. The maximum atomic E-state index is 13.1. The highest BCUT2D eigenvalue weighted by atomic mass is 16.5. The third-order valence-corrected chi connectivity index (χ3v) is 5.24. The summed E-state index contributed by atoms with van der Waals surface area (Å²) < 4.78 is 10.9. The predicted octanol–water partition coefficient (Wildman–Crippen LogP) is 4.68. The minimum Gasteiger partial charge on any atom is -0.465 e. The molecule has 0 saturated heterocycles. The topological polar surface area (TPSA) is 85.2 Å². The fourth-order valence-corrected chi connectivity index (χ4v) is 3.84. The maximum Gasteiger partial charge on any atom is 0.339 e. The van der Waals surface area contributed by atoms with E-state index in [1.54, 1.807) is 24.6 Å². The Bertz CT molecular complexity index is 1270. The van der Waals surface area contributed by atoms with E-state index in [1.165, 1.54) is 0 Å². The number of nitrogens with one attached hydrogen (secondary N) is 1. The van der Waals surface area contributed by atoms with Gasteiger partial charge in [-0.2, -0.15) is 0 Å². The van der Waals surface area contributed by atoms with E-state index in [0.29, 0.717) is 23.2 Å². The van der Waals surface area contributed by atoms with Crippen LogP contribution >= 0.6 is 0 Å². The number of ether oxygens (including phenoxy) is 1. The summed E-state index contributed by atoms with van der Waals surface area (Å²) >= 11 is 0. The number of Topliss-reactive ketones (excluding diaryl/α,β-unsaturated/α-hetero) is 1. The summed E-state index contributed by atoms with van der Waals surface area (Å²) in [4.78, 5) is 32.9. The zero-order valence-electron chi connectivity index (χ0n) is 16.1. The summed E-state index contributed by atoms with van der Waals surface area (Å²) in [5.41, 5.74) is 4.26. The molecule has 6 heteroatoms. The first-order valence-corrected chi connectivity index (χ1v) is 9.70. The molecule has 0 saturated carbocycles. The number of aromatic nitrogens is 2. The number of esters is 1. The third-order valence-electron chi connectivity index (χ3n) is 5.24. The molecule has 0 aliphatic heterocycles. The summed E-state index contributed by atoms with van der Waals surface area (Å²) in [5.74, 6) is -0.0424. The molecule has 0 radical (unpaired) electrons. The lowest BCUT2D eigenvalue weighted by molar-refractivity contribution is 0.0474. The minimum atomic E-state index is -0.510. The SMILES string of the molecule is O=C(COC(=O)c1c2c(nc3ccccc13)/C(=C/c1ccco1)CC2)c1ccc[nH]1. The zero-order chi connectivity index (χ0) is 20.5. The van der Waals surface area contributed by atoms with Crippen molar-refractivity contribution in [3.05, 3.63) is 89.3 Å². The van der Waals surface area contributed by atoms with Crippen molar-refractivity contribution in [3.8, 4) is 0 Å². The number of para-hydroxylation sites is 1. The van der Waals surface area contributed by atoms with E-state index in [-0.39, 0.29) is 12.4 Å². The van der Waals surface area contributed by atoms with Crippen molar-refractivity contribution in [2.75, 3.05) is 6.61 Å². The molecule has 0 bridgehead atoms. The summed E-state index contributed by atoms with van der Waals surface area (Å²) in [6.45, 7) is -0.320. The van der Waals surface area contributed by atoms with Crippen molar-refractivity contribution in [1.82, 2.24) is 9.97 Å². The summed E-state index contributed by atoms with van der Waals surface area (Å²) in [6.07, 6.45) is 6.67. The lowest BCUT2D eigenvalue weighted by Crippen LogP contribution is -2.16. The van der Waals surface area contributed by atoms with Crippen molar-refractivity contribution in [3.63, 3.8) is 0 Å². The van der Waals surface area contributed by atoms with Crippen LogP contribution in [-0.2, 0) is 11.2 Å². The Morgan fingerprint density at radius 3 is 2.80 bits per heavy atom. The smallest absolute Gasteiger partial charge is 0.339 e. The lowest BCUT2D eigenvalue weighted by Gasteiger charge is -2.12. The fraction of sp³-hybridized carbons (Fsp3) is 0.125. The molecule has 30 heavy (non-hydrogen) atoms. The molecule has 5 rings (SSSR count). The first-order chi connectivity index (χ1) is 14.7. The van der Waals surface area contributed by atoms with Crippen LogP contribution in [0.25, 0.3) is 22.6 Å². The average molecular weight is 398 g/mol. The van der Waals surface area contributed by atoms with E-state index in [2.05, 4.69) is 4.98 Å². The number of hydrogen-bond acceptors (Lipinski definition) is 5. The van der Waals surface area contributed by atoms with E-state index in [0.717, 1.165) is 34.4 Å². The number of aromatic amines is 1. The first kappa shape index (κ1) is 18.1. The molecule has 0 atom stereocenters. The molecule has 148 valence electrons. The van der Waals surface area contributed by atoms with Crippen molar-refractivity contribution < 1.29 is 18.7 Å². The van der Waals surface area contributed by atoms with E-state index in [4.69, 9.17) is 14.1 Å². The van der Waals surface area contributed by atoms with Crippen LogP contribution in [0.2, 0.25) is 0 Å². The Kier molecular flexibility index (Phi) is 4.52. The molecule has 1 aromatic carbocycles. The number of rotatable bonds is 5. The van der Waals surface area contributed by atoms with Gasteiger partial charge in [-0.25, -0.2) is 9.78 Å². The van der Waals surface area contributed by atoms with Gasteiger partial charge >= 0.3 is 5.97 Å². The van der Waals surface area contributed by atoms with Gasteiger partial charge < -0.3 is 14.1 Å². The van der Waals surface area contributed by atoms with Crippen LogP contribution < -0.4 is 0 Å². The summed E-state index contributed by atoms with van der Waals surface area (Å²) in [5, 5.41) is 0.729. The second kappa shape index (κ2) is 7.48. The zero-order valence-corrected chi connectivity index (χ0v) is 16.1. The van der Waals surface area contributed by atoms with Gasteiger partial charge in [0, 0.05) is 11.6 Å². The van der Waals surface area contributed by atoms with Crippen LogP contribution in [0.3, 0.4) is 0 Å². The van der Waals surface area contributed by atoms with Crippen molar-refractivity contribution in [1.29, 1.82) is 0 Å². The van der Waals surface area contributed by atoms with Crippen molar-refractivity contribution in [2.24, 2.45) is 0 Å². The number of hydrogen-bond donors (Lipinski definition) is 1. The van der Waals surface area contributed by atoms with Crippen LogP contribution in [0.15, 0.2) is 65.4 Å². The molecule has 4 aromatic rings. The Labute approximate surface area is 172 Å². The molecule has 1 aliphatic rings. The molecule has 1 aliphatic carbocycles. The van der Waals surface area contributed by atoms with Gasteiger partial charge in [-0.1, -0.05) is 18.2 Å². The normalized spacial score (nSPS) is 14.2. The molecule has 0 amide bonds. The van der Waals surface area contributed by atoms with Crippen LogP contribution in [0, 0.1) is 0 Å². The second-order valence-electron chi connectivity index (χ2n) is 7.10. The monoisotopic (exact) mass is 398 g/mol. The highest BCUT2D eigenvalue weighted by molar-refractivity contribution is 6.08. The molecule has 3 heterocycles. The van der Waals surface area contributed by atoms with Gasteiger partial charge in [0.1, 0.15) is 5.76 Å². The average Bonchev–Trinajstić information content (AvgIpc) is 3.53. The Morgan fingerprint density at radius 2 is 2.00 bits per heavy atom. The highest BCUT2D eigenvalue weighted by Crippen LogP contribution is 2.37. The number of nitrogens with zero attached hydrogens (tertiary/aromatic N) is 1. The van der Waals surface area contributed by atoms with Gasteiger partial charge in [-0.3, -0.25) is 4.79 Å². The number of carbonyl (C=O) groups is 2. The van der Waals surface area contributed by atoms with Gasteiger partial charge in [0.15, 0.2) is 6.61 Å². The Balaban J connectivity index is 1.53. The van der Waals surface area contributed by atoms with Crippen LogP contribution in [-0.4, -0.2) is 28.3 Å². The van der Waals surface area contributed by atoms with Crippen LogP contribution in [0.4, 0.5) is 0 Å².